The molecule has 10 nitrogen and oxygen atoms in total. The molecule has 1 saturated heterocycles. The predicted octanol–water partition coefficient (Wildman–Crippen LogP) is 3.99. The van der Waals surface area contributed by atoms with E-state index in [4.69, 9.17) is 22.1 Å². The number of halogens is 2. The SMILES string of the molecule is N/C(=C\Nc1cccc(Cl)c1F)C(=O)N1CCc2c(cccc2N2CCOCC2)C1C(=O)Nc1ccc(C(=O)O)cc1. The van der Waals surface area contributed by atoms with Crippen molar-refractivity contribution in [3.05, 3.63) is 100 Å². The summed E-state index contributed by atoms with van der Waals surface area (Å²) in [5.41, 5.74) is 8.99. The lowest BCUT2D eigenvalue weighted by Gasteiger charge is -2.39. The Morgan fingerprint density at radius 3 is 2.45 bits per heavy atom. The number of carbonyl (C=O) groups is 3. The number of anilines is 3. The maximum atomic E-state index is 14.4. The molecule has 2 amide bonds. The van der Waals surface area contributed by atoms with Gasteiger partial charge in [-0.1, -0.05) is 29.8 Å². The van der Waals surface area contributed by atoms with Crippen molar-refractivity contribution in [2.24, 2.45) is 5.73 Å². The second-order valence-corrected chi connectivity index (χ2v) is 10.2. The van der Waals surface area contributed by atoms with Crippen molar-refractivity contribution in [3.8, 4) is 0 Å². The molecule has 12 heteroatoms. The number of amides is 2. The second-order valence-electron chi connectivity index (χ2n) is 9.81. The minimum atomic E-state index is -1.09. The van der Waals surface area contributed by atoms with E-state index in [1.54, 1.807) is 6.07 Å². The third-order valence-electron chi connectivity index (χ3n) is 7.24. The van der Waals surface area contributed by atoms with E-state index in [1.165, 1.54) is 47.5 Å². The number of benzene rings is 3. The van der Waals surface area contributed by atoms with E-state index in [9.17, 15) is 23.9 Å². The van der Waals surface area contributed by atoms with Gasteiger partial charge in [-0.3, -0.25) is 9.59 Å². The van der Waals surface area contributed by atoms with Crippen molar-refractivity contribution in [2.45, 2.75) is 12.5 Å². The molecule has 42 heavy (non-hydrogen) atoms. The first kappa shape index (κ1) is 28.9. The average Bonchev–Trinajstić information content (AvgIpc) is 3.01. The van der Waals surface area contributed by atoms with Crippen LogP contribution in [0.5, 0.6) is 0 Å². The van der Waals surface area contributed by atoms with E-state index >= 15 is 0 Å². The van der Waals surface area contributed by atoms with Gasteiger partial charge in [-0.2, -0.15) is 0 Å². The fraction of sp³-hybridized carbons (Fsp3) is 0.233. The maximum Gasteiger partial charge on any atom is 0.335 e. The highest BCUT2D eigenvalue weighted by atomic mass is 35.5. The van der Waals surface area contributed by atoms with Crippen LogP contribution in [-0.2, 0) is 20.7 Å². The lowest BCUT2D eigenvalue weighted by molar-refractivity contribution is -0.136. The molecule has 3 aromatic carbocycles. The number of carboxylic acids is 1. The molecule has 2 aliphatic heterocycles. The Morgan fingerprint density at radius 1 is 1.02 bits per heavy atom. The number of morpholine rings is 1. The number of hydrogen-bond donors (Lipinski definition) is 4. The van der Waals surface area contributed by atoms with E-state index in [1.807, 2.05) is 18.2 Å². The molecule has 0 bridgehead atoms. The second kappa shape index (κ2) is 12.5. The van der Waals surface area contributed by atoms with Crippen molar-refractivity contribution < 1.29 is 28.6 Å². The highest BCUT2D eigenvalue weighted by Crippen LogP contribution is 2.37. The number of nitrogens with zero attached hydrogens (tertiary/aromatic N) is 2. The number of aromatic carboxylic acids is 1. The third-order valence-corrected chi connectivity index (χ3v) is 7.53. The van der Waals surface area contributed by atoms with E-state index in [2.05, 4.69) is 15.5 Å². The Balaban J connectivity index is 1.47. The van der Waals surface area contributed by atoms with Gasteiger partial charge >= 0.3 is 5.97 Å². The van der Waals surface area contributed by atoms with Gasteiger partial charge in [0.05, 0.1) is 29.5 Å². The number of fused-ring (bicyclic) bond motifs is 1. The molecule has 0 spiro atoms. The molecule has 0 aromatic heterocycles. The third kappa shape index (κ3) is 6.02. The van der Waals surface area contributed by atoms with E-state index < -0.39 is 29.6 Å². The fourth-order valence-corrected chi connectivity index (χ4v) is 5.33. The average molecular weight is 594 g/mol. The van der Waals surface area contributed by atoms with Crippen LogP contribution in [0.4, 0.5) is 21.5 Å². The van der Waals surface area contributed by atoms with E-state index in [-0.39, 0.29) is 28.5 Å². The minimum Gasteiger partial charge on any atom is -0.478 e. The highest BCUT2D eigenvalue weighted by molar-refractivity contribution is 6.31. The molecule has 0 radical (unpaired) electrons. The van der Waals surface area contributed by atoms with Crippen LogP contribution in [0.3, 0.4) is 0 Å². The summed E-state index contributed by atoms with van der Waals surface area (Å²) < 4.78 is 19.9. The molecule has 5 N–H and O–H groups in total. The smallest absolute Gasteiger partial charge is 0.335 e. The Labute approximate surface area is 246 Å². The number of carbonyl (C=O) groups excluding carboxylic acids is 2. The van der Waals surface area contributed by atoms with Gasteiger partial charge in [-0.25, -0.2) is 9.18 Å². The van der Waals surface area contributed by atoms with Crippen LogP contribution in [0.2, 0.25) is 5.02 Å². The van der Waals surface area contributed by atoms with Crippen molar-refractivity contribution in [1.29, 1.82) is 0 Å². The zero-order valence-electron chi connectivity index (χ0n) is 22.5. The monoisotopic (exact) mass is 593 g/mol. The van der Waals surface area contributed by atoms with Gasteiger partial charge < -0.3 is 36.0 Å². The molecule has 218 valence electrons. The van der Waals surface area contributed by atoms with Crippen LogP contribution >= 0.6 is 11.6 Å². The summed E-state index contributed by atoms with van der Waals surface area (Å²) in [6.45, 7) is 2.78. The number of rotatable bonds is 7. The molecular formula is C30H29ClFN5O5. The zero-order chi connectivity index (χ0) is 29.8. The summed E-state index contributed by atoms with van der Waals surface area (Å²) in [5, 5.41) is 14.6. The maximum absolute atomic E-state index is 14.4. The van der Waals surface area contributed by atoms with Gasteiger partial charge in [0.15, 0.2) is 5.82 Å². The number of ether oxygens (including phenoxy) is 1. The van der Waals surface area contributed by atoms with Crippen LogP contribution in [-0.4, -0.2) is 60.6 Å². The Kier molecular flexibility index (Phi) is 8.60. The number of nitrogens with one attached hydrogen (secondary N) is 2. The van der Waals surface area contributed by atoms with Gasteiger partial charge in [0.2, 0.25) is 0 Å². The van der Waals surface area contributed by atoms with Crippen LogP contribution in [0.15, 0.2) is 72.6 Å². The van der Waals surface area contributed by atoms with E-state index in [0.29, 0.717) is 44.0 Å². The molecule has 1 fully saturated rings. The molecule has 0 aliphatic carbocycles. The summed E-state index contributed by atoms with van der Waals surface area (Å²) in [5.74, 6) is -2.89. The van der Waals surface area contributed by atoms with Crippen LogP contribution in [0, 0.1) is 5.82 Å². The molecule has 0 saturated carbocycles. The molecular weight excluding hydrogens is 565 g/mol. The first-order valence-corrected chi connectivity index (χ1v) is 13.7. The van der Waals surface area contributed by atoms with E-state index in [0.717, 1.165) is 11.3 Å². The number of carboxylic acid groups (broad SMARTS) is 1. The van der Waals surface area contributed by atoms with Gasteiger partial charge in [0, 0.05) is 37.2 Å². The normalized spacial score (nSPS) is 16.9. The Bertz CT molecular complexity index is 1540. The largest absolute Gasteiger partial charge is 0.478 e. The molecule has 1 unspecified atom stereocenters. The van der Waals surface area contributed by atoms with Crippen molar-refractivity contribution in [1.82, 2.24) is 4.90 Å². The first-order chi connectivity index (χ1) is 20.2. The topological polar surface area (TPSA) is 137 Å². The zero-order valence-corrected chi connectivity index (χ0v) is 23.2. The quantitative estimate of drug-likeness (QED) is 0.302. The summed E-state index contributed by atoms with van der Waals surface area (Å²) >= 11 is 5.85. The summed E-state index contributed by atoms with van der Waals surface area (Å²) in [7, 11) is 0. The Morgan fingerprint density at radius 2 is 1.74 bits per heavy atom. The molecule has 5 rings (SSSR count). The van der Waals surface area contributed by atoms with Crippen molar-refractivity contribution in [2.75, 3.05) is 48.4 Å². The van der Waals surface area contributed by atoms with Crippen LogP contribution in [0.25, 0.3) is 0 Å². The molecule has 3 aromatic rings. The lowest BCUT2D eigenvalue weighted by Crippen LogP contribution is -2.47. The molecule has 2 aliphatic rings. The van der Waals surface area contributed by atoms with Crippen LogP contribution in [0.1, 0.15) is 27.5 Å². The van der Waals surface area contributed by atoms with Gasteiger partial charge in [-0.05, 0) is 60.0 Å². The predicted molar refractivity (Wildman–Crippen MR) is 157 cm³/mol. The molecule has 1 atom stereocenters. The first-order valence-electron chi connectivity index (χ1n) is 13.3. The van der Waals surface area contributed by atoms with Crippen molar-refractivity contribution >= 4 is 46.4 Å². The van der Waals surface area contributed by atoms with Crippen LogP contribution < -0.4 is 21.3 Å². The Hall–Kier alpha value is -4.61. The van der Waals surface area contributed by atoms with Crippen molar-refractivity contribution in [3.63, 3.8) is 0 Å². The standard InChI is InChI=1S/C30H29ClFN5O5/c31-22-4-2-5-24(26(22)32)34-17-23(33)29(39)37-12-11-20-21(3-1-6-25(20)36-13-15-42-16-14-36)27(37)28(38)35-19-9-7-18(8-10-19)30(40)41/h1-10,17,27,34H,11-16,33H2,(H,35,38)(H,40,41)/b23-17-. The lowest BCUT2D eigenvalue weighted by atomic mass is 9.89. The van der Waals surface area contributed by atoms with Gasteiger partial charge in [-0.15, -0.1) is 0 Å². The summed E-state index contributed by atoms with van der Waals surface area (Å²) in [6, 6.07) is 14.8. The molecule has 2 heterocycles. The van der Waals surface area contributed by atoms with Gasteiger partial charge in [0.1, 0.15) is 11.7 Å². The number of hydrogen-bond acceptors (Lipinski definition) is 7. The minimum absolute atomic E-state index is 0.0384. The highest BCUT2D eigenvalue weighted by Gasteiger charge is 2.38. The van der Waals surface area contributed by atoms with Gasteiger partial charge in [0.25, 0.3) is 11.8 Å². The summed E-state index contributed by atoms with van der Waals surface area (Å²) in [6.07, 6.45) is 1.66. The number of nitrogens with two attached hydrogens (primary N) is 1. The summed E-state index contributed by atoms with van der Waals surface area (Å²) in [4.78, 5) is 42.3. The fourth-order valence-electron chi connectivity index (χ4n) is 5.16.